The van der Waals surface area contributed by atoms with Gasteiger partial charge in [-0.2, -0.15) is 0 Å². The third-order valence-electron chi connectivity index (χ3n) is 9.05. The number of aryl methyl sites for hydroxylation is 2. The number of amides is 3. The molecule has 3 amide bonds. The van der Waals surface area contributed by atoms with Crippen molar-refractivity contribution < 1.29 is 38.5 Å². The maximum atomic E-state index is 14.8. The van der Waals surface area contributed by atoms with Crippen LogP contribution in [0.1, 0.15) is 94.4 Å². The van der Waals surface area contributed by atoms with Gasteiger partial charge in [0, 0.05) is 55.9 Å². The lowest BCUT2D eigenvalue weighted by atomic mass is 9.84. The Balaban J connectivity index is 0.000000280. The Kier molecular flexibility index (Phi) is 15.3. The fourth-order valence-corrected chi connectivity index (χ4v) is 6.65. The Morgan fingerprint density at radius 1 is 1.10 bits per heavy atom. The number of urea groups is 1. The van der Waals surface area contributed by atoms with Crippen LogP contribution in [0.25, 0.3) is 22.3 Å². The molecule has 1 aliphatic carbocycles. The van der Waals surface area contributed by atoms with Crippen LogP contribution in [0.2, 0.25) is 0 Å². The Morgan fingerprint density at radius 3 is 2.31 bits per heavy atom. The van der Waals surface area contributed by atoms with Crippen LogP contribution in [-0.2, 0) is 51.5 Å². The zero-order valence-electron chi connectivity index (χ0n) is 31.7. The normalized spacial score (nSPS) is 15.2. The van der Waals surface area contributed by atoms with Crippen molar-refractivity contribution in [3.63, 3.8) is 0 Å². The molecule has 2 aliphatic heterocycles. The van der Waals surface area contributed by atoms with Crippen LogP contribution in [0.3, 0.4) is 0 Å². The van der Waals surface area contributed by atoms with Crippen molar-refractivity contribution in [2.24, 2.45) is 5.73 Å². The number of benzene rings is 1. The molecule has 0 saturated carbocycles. The number of cyclic esters (lactones) is 1. The molecule has 0 spiro atoms. The van der Waals surface area contributed by atoms with E-state index in [1.807, 2.05) is 41.5 Å². The maximum Gasteiger partial charge on any atom is 0.340 e. The number of halogens is 1. The molecular formula is C38H54FN5O8. The van der Waals surface area contributed by atoms with E-state index in [9.17, 15) is 33.8 Å². The molecule has 3 aliphatic rings. The highest BCUT2D eigenvalue weighted by atomic mass is 19.1. The van der Waals surface area contributed by atoms with Gasteiger partial charge in [-0.1, -0.05) is 20.8 Å². The summed E-state index contributed by atoms with van der Waals surface area (Å²) < 4.78 is 26.2. The zero-order chi connectivity index (χ0) is 38.9. The van der Waals surface area contributed by atoms with E-state index in [0.29, 0.717) is 42.0 Å². The molecule has 4 heterocycles. The topological polar surface area (TPSA) is 178 Å². The summed E-state index contributed by atoms with van der Waals surface area (Å²) in [6, 6.07) is 2.86. The summed E-state index contributed by atoms with van der Waals surface area (Å²) in [6.07, 6.45) is 1.09. The monoisotopic (exact) mass is 727 g/mol. The molecule has 0 bridgehead atoms. The summed E-state index contributed by atoms with van der Waals surface area (Å²) in [4.78, 5) is 54.8. The van der Waals surface area contributed by atoms with E-state index >= 15 is 0 Å². The lowest BCUT2D eigenvalue weighted by Crippen LogP contribution is -2.47. The van der Waals surface area contributed by atoms with Crippen molar-refractivity contribution in [2.45, 2.75) is 99.5 Å². The fraction of sp³-hybridized carbons (Fsp3) is 0.553. The number of primary amides is 1. The number of rotatable bonds is 8. The van der Waals surface area contributed by atoms with Crippen molar-refractivity contribution in [3.05, 3.63) is 61.7 Å². The van der Waals surface area contributed by atoms with Crippen molar-refractivity contribution in [2.75, 3.05) is 39.9 Å². The molecular weight excluding hydrogens is 673 g/mol. The first kappa shape index (κ1) is 42.0. The first-order chi connectivity index (χ1) is 24.8. The van der Waals surface area contributed by atoms with Crippen molar-refractivity contribution >= 4 is 28.8 Å². The average Bonchev–Trinajstić information content (AvgIpc) is 3.49. The van der Waals surface area contributed by atoms with E-state index in [0.717, 1.165) is 60.1 Å². The summed E-state index contributed by atoms with van der Waals surface area (Å²) >= 11 is 0. The number of fused-ring (bicyclic) bond motifs is 5. The Bertz CT molecular complexity index is 1820. The SMILES string of the molecule is CC.CCN(C)C(=O)N(CC(N)=O)CC(C)O.CCOCC.CCc1c(F)cc2nc3c(c4c2c1CCC4)Cn1c-3cc2c(c1=O)COC(=O)C2O. The van der Waals surface area contributed by atoms with Gasteiger partial charge >= 0.3 is 12.0 Å². The predicted molar refractivity (Wildman–Crippen MR) is 196 cm³/mol. The van der Waals surface area contributed by atoms with Crippen molar-refractivity contribution in [1.29, 1.82) is 0 Å². The largest absolute Gasteiger partial charge is 0.458 e. The number of hydrogen-bond donors (Lipinski definition) is 3. The molecule has 2 unspecified atom stereocenters. The molecule has 0 saturated heterocycles. The van der Waals surface area contributed by atoms with Gasteiger partial charge in [0.1, 0.15) is 19.0 Å². The number of hydrogen-bond acceptors (Lipinski definition) is 9. The number of aliphatic hydroxyl groups is 2. The first-order valence-electron chi connectivity index (χ1n) is 18.1. The quantitative estimate of drug-likeness (QED) is 0.227. The van der Waals surface area contributed by atoms with Gasteiger partial charge in [-0.3, -0.25) is 9.59 Å². The fourth-order valence-electron chi connectivity index (χ4n) is 6.65. The van der Waals surface area contributed by atoms with Gasteiger partial charge in [0.25, 0.3) is 5.56 Å². The van der Waals surface area contributed by atoms with E-state index in [1.165, 1.54) is 15.9 Å². The standard InChI is InChI=1S/C23H19FN2O4.C9H19N3O3.C4H10O.C2H6/c1-2-10-11-4-3-5-12-14-8-26-18(20(14)25-17(19(11)12)7-16(10)24)6-13-15(22(26)28)9-30-23(29)21(13)27;1-4-11(3)9(15)12(5-7(2)13)6-8(10)14;1-3-5-4-2;1-2/h6-7,21,27H,2-5,8-9H2,1H3;7,13H,4-6H2,1-3H3,(H2,10,14);3-4H2,1-2H3;1-2H3. The highest BCUT2D eigenvalue weighted by Gasteiger charge is 2.35. The number of nitrogens with zero attached hydrogens (tertiary/aromatic N) is 4. The molecule has 1 aromatic carbocycles. The van der Waals surface area contributed by atoms with Crippen LogP contribution < -0.4 is 11.3 Å². The van der Waals surface area contributed by atoms with Crippen LogP contribution in [-0.4, -0.2) is 93.5 Å². The second-order valence-electron chi connectivity index (χ2n) is 12.5. The smallest absolute Gasteiger partial charge is 0.340 e. The Morgan fingerprint density at radius 2 is 1.75 bits per heavy atom. The van der Waals surface area contributed by atoms with Gasteiger partial charge < -0.3 is 39.8 Å². The predicted octanol–water partition coefficient (Wildman–Crippen LogP) is 4.00. The number of esters is 1. The molecule has 14 heteroatoms. The third-order valence-corrected chi connectivity index (χ3v) is 9.05. The number of pyridine rings is 2. The van der Waals surface area contributed by atoms with E-state index < -0.39 is 24.1 Å². The number of carbonyl (C=O) groups is 3. The molecule has 2 aromatic heterocycles. The number of carbonyl (C=O) groups excluding carboxylic acids is 3. The van der Waals surface area contributed by atoms with Crippen LogP contribution in [0.15, 0.2) is 16.9 Å². The molecule has 52 heavy (non-hydrogen) atoms. The second kappa shape index (κ2) is 18.9. The molecule has 4 N–H and O–H groups in total. The highest BCUT2D eigenvalue weighted by Crippen LogP contribution is 2.42. The van der Waals surface area contributed by atoms with Gasteiger partial charge in [-0.05, 0) is 76.1 Å². The molecule has 286 valence electrons. The molecule has 2 atom stereocenters. The molecule has 13 nitrogen and oxygen atoms in total. The highest BCUT2D eigenvalue weighted by molar-refractivity contribution is 5.92. The maximum absolute atomic E-state index is 14.8. The van der Waals surface area contributed by atoms with Gasteiger partial charge in [-0.25, -0.2) is 19.0 Å². The molecule has 6 rings (SSSR count). The minimum absolute atomic E-state index is 0.103. The zero-order valence-corrected chi connectivity index (χ0v) is 31.7. The minimum atomic E-state index is -1.48. The number of ether oxygens (including phenoxy) is 2. The van der Waals surface area contributed by atoms with Crippen LogP contribution in [0.5, 0.6) is 0 Å². The lowest BCUT2D eigenvalue weighted by Gasteiger charge is -2.27. The molecule has 0 radical (unpaired) electrons. The van der Waals surface area contributed by atoms with Crippen molar-refractivity contribution in [1.82, 2.24) is 19.4 Å². The summed E-state index contributed by atoms with van der Waals surface area (Å²) in [5.74, 6) is -1.58. The Labute approximate surface area is 304 Å². The van der Waals surface area contributed by atoms with E-state index in [2.05, 4.69) is 0 Å². The third kappa shape index (κ3) is 8.96. The lowest BCUT2D eigenvalue weighted by molar-refractivity contribution is -0.157. The van der Waals surface area contributed by atoms with Crippen LogP contribution >= 0.6 is 0 Å². The second-order valence-corrected chi connectivity index (χ2v) is 12.5. The number of aliphatic hydroxyl groups excluding tert-OH is 2. The molecule has 3 aromatic rings. The Hall–Kier alpha value is -4.40. The van der Waals surface area contributed by atoms with Gasteiger partial charge in [0.05, 0.1) is 35.1 Å². The first-order valence-corrected chi connectivity index (χ1v) is 18.1. The number of nitrogens with two attached hydrogens (primary N) is 1. The minimum Gasteiger partial charge on any atom is -0.458 e. The van der Waals surface area contributed by atoms with E-state index in [4.69, 9.17) is 20.2 Å². The summed E-state index contributed by atoms with van der Waals surface area (Å²) in [5, 5.41) is 20.5. The summed E-state index contributed by atoms with van der Waals surface area (Å²) in [5.41, 5.74) is 11.0. The summed E-state index contributed by atoms with van der Waals surface area (Å²) in [6.45, 7) is 15.7. The van der Waals surface area contributed by atoms with Crippen LogP contribution in [0.4, 0.5) is 9.18 Å². The average molecular weight is 728 g/mol. The number of aromatic nitrogens is 2. The van der Waals surface area contributed by atoms with Crippen LogP contribution in [0, 0.1) is 5.82 Å². The van der Waals surface area contributed by atoms with Gasteiger partial charge in [0.2, 0.25) is 5.91 Å². The van der Waals surface area contributed by atoms with E-state index in [-0.39, 0.29) is 42.7 Å². The van der Waals surface area contributed by atoms with Gasteiger partial charge in [-0.15, -0.1) is 0 Å². The molecule has 0 fully saturated rings. The van der Waals surface area contributed by atoms with Crippen molar-refractivity contribution in [3.8, 4) is 11.4 Å². The summed E-state index contributed by atoms with van der Waals surface area (Å²) in [7, 11) is 1.62. The van der Waals surface area contributed by atoms with E-state index in [1.54, 1.807) is 24.6 Å². The van der Waals surface area contributed by atoms with Gasteiger partial charge in [0.15, 0.2) is 6.10 Å².